The van der Waals surface area contributed by atoms with Crippen molar-refractivity contribution in [3.05, 3.63) is 40.7 Å². The number of hydrogen-bond acceptors (Lipinski definition) is 5. The highest BCUT2D eigenvalue weighted by atomic mass is 19.4. The molecule has 0 aliphatic rings. The van der Waals surface area contributed by atoms with Crippen molar-refractivity contribution in [3.8, 4) is 0 Å². The standard InChI is InChI=1S/C13H11F5N4O3/c1-22-11(10(14)15)20-9(21-22)5-25-4-7-6(12(23)24)2-3-8(19-7)13(16,17)18/h2-3,10H,4-5H2,1H3,(H,23,24). The van der Waals surface area contributed by atoms with Crippen LogP contribution in [0.3, 0.4) is 0 Å². The SMILES string of the molecule is Cn1nc(COCc2nc(C(F)(F)F)ccc2C(=O)O)nc1C(F)F. The molecule has 12 heteroatoms. The van der Waals surface area contributed by atoms with Crippen LogP contribution >= 0.6 is 0 Å². The van der Waals surface area contributed by atoms with Crippen LogP contribution in [-0.2, 0) is 31.2 Å². The summed E-state index contributed by atoms with van der Waals surface area (Å²) in [5.41, 5.74) is -2.19. The van der Waals surface area contributed by atoms with Gasteiger partial charge in [0.2, 0.25) is 0 Å². The number of rotatable bonds is 6. The van der Waals surface area contributed by atoms with Crippen molar-refractivity contribution in [3.63, 3.8) is 0 Å². The zero-order chi connectivity index (χ0) is 18.8. The zero-order valence-corrected chi connectivity index (χ0v) is 12.6. The molecular weight excluding hydrogens is 355 g/mol. The number of carboxylic acids is 1. The van der Waals surface area contributed by atoms with Crippen molar-refractivity contribution in [2.45, 2.75) is 25.8 Å². The molecule has 2 heterocycles. The second-order valence-corrected chi connectivity index (χ2v) is 4.80. The van der Waals surface area contributed by atoms with E-state index in [2.05, 4.69) is 15.1 Å². The fourth-order valence-corrected chi connectivity index (χ4v) is 1.91. The first-order valence-electron chi connectivity index (χ1n) is 6.65. The fourth-order valence-electron chi connectivity index (χ4n) is 1.91. The smallest absolute Gasteiger partial charge is 0.433 e. The van der Waals surface area contributed by atoms with Gasteiger partial charge in [-0.2, -0.15) is 18.3 Å². The number of nitrogens with zero attached hydrogens (tertiary/aromatic N) is 4. The van der Waals surface area contributed by atoms with Crippen LogP contribution in [0.5, 0.6) is 0 Å². The Kier molecular flexibility index (Phi) is 5.30. The van der Waals surface area contributed by atoms with E-state index in [1.54, 1.807) is 0 Å². The van der Waals surface area contributed by atoms with Gasteiger partial charge in [-0.15, -0.1) is 0 Å². The van der Waals surface area contributed by atoms with Crippen LogP contribution in [0.25, 0.3) is 0 Å². The average molecular weight is 366 g/mol. The van der Waals surface area contributed by atoms with E-state index in [4.69, 9.17) is 9.84 Å². The first kappa shape index (κ1) is 18.7. The van der Waals surface area contributed by atoms with Gasteiger partial charge in [0.25, 0.3) is 6.43 Å². The van der Waals surface area contributed by atoms with E-state index in [0.717, 1.165) is 10.7 Å². The lowest BCUT2D eigenvalue weighted by Gasteiger charge is -2.10. The minimum Gasteiger partial charge on any atom is -0.478 e. The average Bonchev–Trinajstić information content (AvgIpc) is 2.87. The van der Waals surface area contributed by atoms with Crippen LogP contribution < -0.4 is 0 Å². The summed E-state index contributed by atoms with van der Waals surface area (Å²) in [6.45, 7) is -0.995. The van der Waals surface area contributed by atoms with Crippen LogP contribution in [0.4, 0.5) is 22.0 Å². The molecule has 0 radical (unpaired) electrons. The molecular formula is C13H11F5N4O3. The molecule has 0 spiro atoms. The Morgan fingerprint density at radius 1 is 1.28 bits per heavy atom. The third kappa shape index (κ3) is 4.47. The predicted octanol–water partition coefficient (Wildman–Crippen LogP) is 2.58. The summed E-state index contributed by atoms with van der Waals surface area (Å²) in [5, 5.41) is 12.6. The Bertz CT molecular complexity index is 776. The van der Waals surface area contributed by atoms with Gasteiger partial charge in [0.05, 0.1) is 17.9 Å². The van der Waals surface area contributed by atoms with E-state index >= 15 is 0 Å². The fraction of sp³-hybridized carbons (Fsp3) is 0.385. The molecule has 0 aliphatic heterocycles. The summed E-state index contributed by atoms with van der Waals surface area (Å²) in [6, 6.07) is 1.31. The molecule has 0 amide bonds. The minimum atomic E-state index is -4.75. The molecule has 0 saturated carbocycles. The number of aromatic nitrogens is 4. The molecule has 25 heavy (non-hydrogen) atoms. The number of ether oxygens (including phenoxy) is 1. The molecule has 0 saturated heterocycles. The van der Waals surface area contributed by atoms with Gasteiger partial charge >= 0.3 is 12.1 Å². The molecule has 7 nitrogen and oxygen atoms in total. The Balaban J connectivity index is 2.14. The number of halogens is 5. The van der Waals surface area contributed by atoms with E-state index in [-0.39, 0.29) is 5.82 Å². The molecule has 0 aliphatic carbocycles. The summed E-state index contributed by atoms with van der Waals surface area (Å²) < 4.78 is 69.0. The lowest BCUT2D eigenvalue weighted by molar-refractivity contribution is -0.141. The molecule has 2 rings (SSSR count). The molecule has 0 atom stereocenters. The van der Waals surface area contributed by atoms with Crippen LogP contribution in [0.15, 0.2) is 12.1 Å². The lowest BCUT2D eigenvalue weighted by Crippen LogP contribution is -2.14. The van der Waals surface area contributed by atoms with E-state index in [1.807, 2.05) is 0 Å². The van der Waals surface area contributed by atoms with Crippen LogP contribution in [0.1, 0.15) is 39.8 Å². The number of aryl methyl sites for hydroxylation is 1. The molecule has 0 unspecified atom stereocenters. The molecule has 0 aromatic carbocycles. The number of carbonyl (C=O) groups is 1. The maximum Gasteiger partial charge on any atom is 0.433 e. The Labute approximate surface area is 137 Å². The van der Waals surface area contributed by atoms with Crippen molar-refractivity contribution < 1.29 is 36.6 Å². The van der Waals surface area contributed by atoms with Gasteiger partial charge in [-0.1, -0.05) is 0 Å². The number of hydrogen-bond donors (Lipinski definition) is 1. The van der Waals surface area contributed by atoms with E-state index in [9.17, 15) is 26.7 Å². The minimum absolute atomic E-state index is 0.123. The van der Waals surface area contributed by atoms with Gasteiger partial charge in [-0.25, -0.2) is 28.2 Å². The second-order valence-electron chi connectivity index (χ2n) is 4.80. The Hall–Kier alpha value is -2.63. The van der Waals surface area contributed by atoms with Gasteiger partial charge in [0, 0.05) is 7.05 Å². The summed E-state index contributed by atoms with van der Waals surface area (Å²) >= 11 is 0. The normalized spacial score (nSPS) is 12.0. The first-order chi connectivity index (χ1) is 11.6. The van der Waals surface area contributed by atoms with Gasteiger partial charge in [-0.05, 0) is 12.1 Å². The van der Waals surface area contributed by atoms with E-state index in [1.165, 1.54) is 7.05 Å². The zero-order valence-electron chi connectivity index (χ0n) is 12.6. The van der Waals surface area contributed by atoms with Crippen molar-refractivity contribution in [1.82, 2.24) is 19.7 Å². The molecule has 2 aromatic heterocycles. The monoisotopic (exact) mass is 366 g/mol. The predicted molar refractivity (Wildman–Crippen MR) is 70.7 cm³/mol. The lowest BCUT2D eigenvalue weighted by atomic mass is 10.1. The maximum absolute atomic E-state index is 12.7. The first-order valence-corrected chi connectivity index (χ1v) is 6.65. The Morgan fingerprint density at radius 2 is 1.96 bits per heavy atom. The third-order valence-corrected chi connectivity index (χ3v) is 3.00. The van der Waals surface area contributed by atoms with Gasteiger partial charge < -0.3 is 9.84 Å². The third-order valence-electron chi connectivity index (χ3n) is 3.00. The second kappa shape index (κ2) is 7.09. The van der Waals surface area contributed by atoms with E-state index < -0.39 is 54.6 Å². The molecule has 1 N–H and O–H groups in total. The summed E-state index contributed by atoms with van der Waals surface area (Å²) in [7, 11) is 1.24. The highest BCUT2D eigenvalue weighted by Gasteiger charge is 2.33. The molecule has 0 fully saturated rings. The van der Waals surface area contributed by atoms with Crippen LogP contribution in [0.2, 0.25) is 0 Å². The highest BCUT2D eigenvalue weighted by Crippen LogP contribution is 2.28. The summed E-state index contributed by atoms with van der Waals surface area (Å²) in [6.07, 6.45) is -7.60. The molecule has 0 bridgehead atoms. The van der Waals surface area contributed by atoms with Gasteiger partial charge in [-0.3, -0.25) is 0 Å². The topological polar surface area (TPSA) is 90.1 Å². The summed E-state index contributed by atoms with van der Waals surface area (Å²) in [5.74, 6) is -2.19. The van der Waals surface area contributed by atoms with Gasteiger partial charge in [0.1, 0.15) is 12.3 Å². The van der Waals surface area contributed by atoms with Crippen molar-refractivity contribution in [2.75, 3.05) is 0 Å². The number of alkyl halides is 5. The van der Waals surface area contributed by atoms with E-state index in [0.29, 0.717) is 6.07 Å². The molecule has 136 valence electrons. The maximum atomic E-state index is 12.7. The van der Waals surface area contributed by atoms with Gasteiger partial charge in [0.15, 0.2) is 11.6 Å². The highest BCUT2D eigenvalue weighted by molar-refractivity contribution is 5.88. The van der Waals surface area contributed by atoms with Crippen molar-refractivity contribution in [1.29, 1.82) is 0 Å². The number of carboxylic acid groups (broad SMARTS) is 1. The van der Waals surface area contributed by atoms with Crippen LogP contribution in [0, 0.1) is 0 Å². The van der Waals surface area contributed by atoms with Crippen molar-refractivity contribution in [2.24, 2.45) is 7.05 Å². The molecule has 2 aromatic rings. The van der Waals surface area contributed by atoms with Crippen LogP contribution in [-0.4, -0.2) is 30.8 Å². The summed E-state index contributed by atoms with van der Waals surface area (Å²) in [4.78, 5) is 17.8. The number of pyridine rings is 1. The largest absolute Gasteiger partial charge is 0.478 e. The quantitative estimate of drug-likeness (QED) is 0.791. The Morgan fingerprint density at radius 3 is 2.48 bits per heavy atom. The number of aromatic carboxylic acids is 1. The van der Waals surface area contributed by atoms with Crippen molar-refractivity contribution >= 4 is 5.97 Å².